The van der Waals surface area contributed by atoms with Crippen LogP contribution >= 0.6 is 0 Å². The summed E-state index contributed by atoms with van der Waals surface area (Å²) in [6.07, 6.45) is 7.31. The second-order valence-corrected chi connectivity index (χ2v) is 7.01. The Morgan fingerprint density at radius 2 is 1.92 bits per heavy atom. The highest BCUT2D eigenvalue weighted by atomic mass is 19.2. The summed E-state index contributed by atoms with van der Waals surface area (Å²) in [4.78, 5) is 3.96. The number of aryl methyl sites for hydroxylation is 1. The van der Waals surface area contributed by atoms with E-state index < -0.39 is 23.1 Å². The second-order valence-electron chi connectivity index (χ2n) is 7.01. The van der Waals surface area contributed by atoms with E-state index >= 15 is 0 Å². The minimum absolute atomic E-state index is 0.274. The Morgan fingerprint density at radius 3 is 2.54 bits per heavy atom. The summed E-state index contributed by atoms with van der Waals surface area (Å²) in [6.45, 7) is 1.69. The van der Waals surface area contributed by atoms with Gasteiger partial charge in [-0.2, -0.15) is 0 Å². The molecule has 1 aliphatic rings. The number of nitrogens with two attached hydrogens (primary N) is 1. The molecule has 3 N–H and O–H groups in total. The smallest absolute Gasteiger partial charge is 0.194 e. The van der Waals surface area contributed by atoms with Crippen molar-refractivity contribution in [3.63, 3.8) is 0 Å². The van der Waals surface area contributed by atoms with E-state index in [1.165, 1.54) is 0 Å². The molecule has 1 unspecified atom stereocenters. The fraction of sp³-hybridized carbons (Fsp3) is 0.350. The van der Waals surface area contributed by atoms with Gasteiger partial charge in [0.15, 0.2) is 17.5 Å². The molecule has 0 saturated heterocycles. The fourth-order valence-corrected chi connectivity index (χ4v) is 3.57. The Bertz CT molecular complexity index is 826. The molecule has 1 aromatic heterocycles. The predicted molar refractivity (Wildman–Crippen MR) is 94.0 cm³/mol. The molecule has 0 amide bonds. The van der Waals surface area contributed by atoms with Gasteiger partial charge < -0.3 is 10.8 Å². The molecule has 2 atom stereocenters. The lowest BCUT2D eigenvalue weighted by Crippen LogP contribution is -2.33. The molecule has 26 heavy (non-hydrogen) atoms. The third-order valence-corrected chi connectivity index (χ3v) is 5.07. The van der Waals surface area contributed by atoms with Crippen molar-refractivity contribution in [3.05, 3.63) is 70.8 Å². The first-order valence-corrected chi connectivity index (χ1v) is 8.52. The zero-order valence-corrected chi connectivity index (χ0v) is 14.5. The first-order valence-electron chi connectivity index (χ1n) is 8.52. The Morgan fingerprint density at radius 1 is 1.23 bits per heavy atom. The number of anilines is 1. The molecular formula is C20H21F3N2O. The van der Waals surface area contributed by atoms with Crippen molar-refractivity contribution in [1.29, 1.82) is 0 Å². The van der Waals surface area contributed by atoms with E-state index in [4.69, 9.17) is 5.73 Å². The zero-order valence-electron chi connectivity index (χ0n) is 14.5. The number of rotatable bonds is 4. The summed E-state index contributed by atoms with van der Waals surface area (Å²) in [6, 6.07) is 3.87. The second kappa shape index (κ2) is 7.11. The van der Waals surface area contributed by atoms with Gasteiger partial charge in [-0.05, 0) is 73.4 Å². The van der Waals surface area contributed by atoms with Crippen molar-refractivity contribution in [2.45, 2.75) is 44.1 Å². The summed E-state index contributed by atoms with van der Waals surface area (Å²) in [5.41, 5.74) is 7.59. The minimum atomic E-state index is -1.47. The van der Waals surface area contributed by atoms with Crippen molar-refractivity contribution < 1.29 is 18.3 Å². The van der Waals surface area contributed by atoms with E-state index in [0.29, 0.717) is 36.9 Å². The molecule has 0 bridgehead atoms. The normalized spacial score (nSPS) is 23.0. The molecule has 2 aromatic rings. The lowest BCUT2D eigenvalue weighted by Gasteiger charge is -2.35. The Balaban J connectivity index is 1.76. The average Bonchev–Trinajstić information content (AvgIpc) is 2.59. The van der Waals surface area contributed by atoms with Gasteiger partial charge in [-0.1, -0.05) is 6.08 Å². The van der Waals surface area contributed by atoms with Crippen LogP contribution in [0.4, 0.5) is 18.9 Å². The number of hydrogen-bond acceptors (Lipinski definition) is 3. The van der Waals surface area contributed by atoms with Gasteiger partial charge >= 0.3 is 0 Å². The van der Waals surface area contributed by atoms with Gasteiger partial charge in [-0.15, -0.1) is 0 Å². The topological polar surface area (TPSA) is 59.1 Å². The van der Waals surface area contributed by atoms with E-state index in [2.05, 4.69) is 4.98 Å². The molecule has 0 fully saturated rings. The number of pyridine rings is 1. The summed E-state index contributed by atoms with van der Waals surface area (Å²) in [5, 5.41) is 10.8. The van der Waals surface area contributed by atoms with Crippen LogP contribution in [0.25, 0.3) is 0 Å². The van der Waals surface area contributed by atoms with Gasteiger partial charge in [0.1, 0.15) is 0 Å². The molecule has 0 spiro atoms. The number of benzene rings is 1. The first-order chi connectivity index (χ1) is 12.3. The van der Waals surface area contributed by atoms with Crippen LogP contribution in [0.3, 0.4) is 0 Å². The maximum atomic E-state index is 13.5. The molecule has 3 rings (SSSR count). The van der Waals surface area contributed by atoms with Crippen molar-refractivity contribution in [1.82, 2.24) is 4.98 Å². The number of nitrogens with zero attached hydrogens (tertiary/aromatic N) is 1. The van der Waals surface area contributed by atoms with Gasteiger partial charge in [0, 0.05) is 6.20 Å². The van der Waals surface area contributed by atoms with Crippen molar-refractivity contribution >= 4 is 5.69 Å². The number of aliphatic hydroxyl groups is 1. The maximum Gasteiger partial charge on any atom is 0.194 e. The molecule has 138 valence electrons. The lowest BCUT2D eigenvalue weighted by molar-refractivity contribution is 0.0705. The van der Waals surface area contributed by atoms with Crippen molar-refractivity contribution in [3.8, 4) is 0 Å². The third kappa shape index (κ3) is 3.75. The molecular weight excluding hydrogens is 341 g/mol. The van der Waals surface area contributed by atoms with E-state index in [1.54, 1.807) is 19.3 Å². The van der Waals surface area contributed by atoms with E-state index in [1.807, 2.05) is 12.1 Å². The molecule has 0 radical (unpaired) electrons. The van der Waals surface area contributed by atoms with Crippen molar-refractivity contribution in [2.75, 3.05) is 5.73 Å². The van der Waals surface area contributed by atoms with Gasteiger partial charge in [0.25, 0.3) is 0 Å². The van der Waals surface area contributed by atoms with Gasteiger partial charge in [0.2, 0.25) is 0 Å². The predicted octanol–water partition coefficient (Wildman–Crippen LogP) is 4.27. The average molecular weight is 362 g/mol. The van der Waals surface area contributed by atoms with Gasteiger partial charge in [-0.25, -0.2) is 13.2 Å². The minimum Gasteiger partial charge on any atom is -0.397 e. The summed E-state index contributed by atoms with van der Waals surface area (Å²) < 4.78 is 40.2. The van der Waals surface area contributed by atoms with Crippen LogP contribution in [-0.2, 0) is 6.42 Å². The highest BCUT2D eigenvalue weighted by molar-refractivity contribution is 5.44. The largest absolute Gasteiger partial charge is 0.397 e. The van der Waals surface area contributed by atoms with Crippen LogP contribution in [0.2, 0.25) is 0 Å². The fourth-order valence-electron chi connectivity index (χ4n) is 3.57. The Labute approximate surface area is 150 Å². The highest BCUT2D eigenvalue weighted by Gasteiger charge is 2.34. The monoisotopic (exact) mass is 362 g/mol. The SMILES string of the molecule is CC1(O)C[C@H](c2cc(F)c(F)c(F)c2)CC=C1CCc1ccncc1N. The zero-order chi connectivity index (χ0) is 18.9. The van der Waals surface area contributed by atoms with Crippen LogP contribution < -0.4 is 5.73 Å². The number of halogens is 3. The van der Waals surface area contributed by atoms with Crippen LogP contribution in [0, 0.1) is 17.5 Å². The molecule has 0 aliphatic heterocycles. The van der Waals surface area contributed by atoms with Crippen molar-refractivity contribution in [2.24, 2.45) is 0 Å². The first kappa shape index (κ1) is 18.5. The van der Waals surface area contributed by atoms with E-state index in [0.717, 1.165) is 23.3 Å². The maximum absolute atomic E-state index is 13.5. The van der Waals surface area contributed by atoms with Crippen LogP contribution in [0.15, 0.2) is 42.2 Å². The molecule has 1 aliphatic carbocycles. The van der Waals surface area contributed by atoms with Crippen LogP contribution in [0.1, 0.15) is 43.2 Å². The van der Waals surface area contributed by atoms with Crippen LogP contribution in [0.5, 0.6) is 0 Å². The number of aromatic nitrogens is 1. The summed E-state index contributed by atoms with van der Waals surface area (Å²) in [7, 11) is 0. The number of hydrogen-bond donors (Lipinski definition) is 2. The highest BCUT2D eigenvalue weighted by Crippen LogP contribution is 2.40. The lowest BCUT2D eigenvalue weighted by atomic mass is 9.74. The summed E-state index contributed by atoms with van der Waals surface area (Å²) >= 11 is 0. The quantitative estimate of drug-likeness (QED) is 0.631. The summed E-state index contributed by atoms with van der Waals surface area (Å²) in [5.74, 6) is -4.16. The Hall–Kier alpha value is -2.34. The number of allylic oxidation sites excluding steroid dienone is 1. The third-order valence-electron chi connectivity index (χ3n) is 5.07. The van der Waals surface area contributed by atoms with E-state index in [-0.39, 0.29) is 5.92 Å². The van der Waals surface area contributed by atoms with Crippen LogP contribution in [-0.4, -0.2) is 15.7 Å². The Kier molecular flexibility index (Phi) is 5.05. The molecule has 6 heteroatoms. The molecule has 3 nitrogen and oxygen atoms in total. The standard InChI is InChI=1S/C20H21F3N2O/c1-20(26)10-13(14-8-16(21)19(23)17(22)9-14)3-5-15(20)4-2-12-6-7-25-11-18(12)24/h5-9,11,13,26H,2-4,10,24H2,1H3/t13-,20?/m1/s1. The molecule has 1 heterocycles. The van der Waals surface area contributed by atoms with Gasteiger partial charge in [0.05, 0.1) is 17.5 Å². The van der Waals surface area contributed by atoms with Gasteiger partial charge in [-0.3, -0.25) is 4.98 Å². The van der Waals surface area contributed by atoms with E-state index in [9.17, 15) is 18.3 Å². The number of nitrogen functional groups attached to an aromatic ring is 1. The molecule has 0 saturated carbocycles. The molecule has 1 aromatic carbocycles.